The average Bonchev–Trinajstić information content (AvgIpc) is 3.28. The number of aromatic nitrogens is 3. The van der Waals surface area contributed by atoms with Crippen LogP contribution in [0.15, 0.2) is 36.0 Å². The van der Waals surface area contributed by atoms with Crippen LogP contribution in [-0.2, 0) is 13.2 Å². The minimum Gasteiger partial charge on any atom is -0.490 e. The fraction of sp³-hybridized carbons (Fsp3) is 0.261. The molecule has 1 aromatic carbocycles. The standard InChI is InChI=1S/C23H19F3N4O2S/c1-30(10-13-8-27-18(7-24)16-9-28-29-22(13)16)23(31)12-4-17(26)21(20-6-14(25)11-33-20)19(5-12)32-15-2-3-15/h4-6,8-9,11,15H,2-3,7,10H2,1H3,(H,28,29). The van der Waals surface area contributed by atoms with E-state index in [0.717, 1.165) is 30.2 Å². The lowest BCUT2D eigenvalue weighted by atomic mass is 10.1. The molecule has 1 fully saturated rings. The Labute approximate surface area is 191 Å². The average molecular weight is 472 g/mol. The van der Waals surface area contributed by atoms with Gasteiger partial charge in [0.05, 0.1) is 29.1 Å². The lowest BCUT2D eigenvalue weighted by Gasteiger charge is -2.19. The zero-order valence-electron chi connectivity index (χ0n) is 17.6. The number of halogens is 3. The van der Waals surface area contributed by atoms with Gasteiger partial charge in [-0.05, 0) is 31.0 Å². The maximum Gasteiger partial charge on any atom is 0.254 e. The van der Waals surface area contributed by atoms with Crippen LogP contribution in [0.25, 0.3) is 21.3 Å². The van der Waals surface area contributed by atoms with Crippen LogP contribution in [0.5, 0.6) is 5.75 Å². The van der Waals surface area contributed by atoms with E-state index in [1.807, 2.05) is 0 Å². The van der Waals surface area contributed by atoms with E-state index in [4.69, 9.17) is 4.74 Å². The van der Waals surface area contributed by atoms with Crippen LogP contribution < -0.4 is 4.74 Å². The molecule has 1 saturated carbocycles. The summed E-state index contributed by atoms with van der Waals surface area (Å²) >= 11 is 1.07. The molecule has 5 rings (SSSR count). The molecule has 0 atom stereocenters. The van der Waals surface area contributed by atoms with Crippen molar-refractivity contribution in [2.24, 2.45) is 0 Å². The number of amides is 1. The quantitative estimate of drug-likeness (QED) is 0.399. The fourth-order valence-corrected chi connectivity index (χ4v) is 4.46. The molecule has 3 aromatic heterocycles. The number of alkyl halides is 1. The normalized spacial score (nSPS) is 13.5. The van der Waals surface area contributed by atoms with Gasteiger partial charge in [-0.2, -0.15) is 5.10 Å². The van der Waals surface area contributed by atoms with Gasteiger partial charge in [-0.25, -0.2) is 13.2 Å². The number of nitrogens with zero attached hydrogens (tertiary/aromatic N) is 3. The second-order valence-corrected chi connectivity index (χ2v) is 8.87. The SMILES string of the molecule is CN(Cc1cnc(CF)c2cn[nH]c12)C(=O)c1cc(F)c(-c2cc(F)cs2)c(OC2CC2)c1. The highest BCUT2D eigenvalue weighted by Gasteiger charge is 2.28. The predicted molar refractivity (Wildman–Crippen MR) is 118 cm³/mol. The summed E-state index contributed by atoms with van der Waals surface area (Å²) in [5.74, 6) is -1.32. The summed E-state index contributed by atoms with van der Waals surface area (Å²) in [5, 5.41) is 8.61. The van der Waals surface area contributed by atoms with Crippen molar-refractivity contribution in [3.63, 3.8) is 0 Å². The van der Waals surface area contributed by atoms with Crippen LogP contribution in [-0.4, -0.2) is 39.1 Å². The van der Waals surface area contributed by atoms with Crippen molar-refractivity contribution in [1.82, 2.24) is 20.1 Å². The summed E-state index contributed by atoms with van der Waals surface area (Å²) < 4.78 is 47.8. The number of carbonyl (C=O) groups excluding carboxylic acids is 1. The van der Waals surface area contributed by atoms with Crippen molar-refractivity contribution in [3.05, 3.63) is 64.4 Å². The summed E-state index contributed by atoms with van der Waals surface area (Å²) in [6, 6.07) is 3.89. The highest BCUT2D eigenvalue weighted by Crippen LogP contribution is 2.40. The van der Waals surface area contributed by atoms with Gasteiger partial charge in [0.25, 0.3) is 5.91 Å². The smallest absolute Gasteiger partial charge is 0.254 e. The van der Waals surface area contributed by atoms with E-state index in [1.54, 1.807) is 7.05 Å². The van der Waals surface area contributed by atoms with E-state index in [9.17, 15) is 13.6 Å². The lowest BCUT2D eigenvalue weighted by molar-refractivity contribution is 0.0784. The second kappa shape index (κ2) is 8.51. The van der Waals surface area contributed by atoms with Crippen LogP contribution >= 0.6 is 11.3 Å². The molecule has 0 radical (unpaired) electrons. The van der Waals surface area contributed by atoms with Crippen LogP contribution in [0, 0.1) is 11.6 Å². The Kier molecular flexibility index (Phi) is 5.53. The highest BCUT2D eigenvalue weighted by atomic mass is 32.1. The van der Waals surface area contributed by atoms with Crippen molar-refractivity contribution >= 4 is 28.1 Å². The first-order valence-electron chi connectivity index (χ1n) is 10.3. The molecule has 1 aliphatic rings. The first-order chi connectivity index (χ1) is 15.9. The van der Waals surface area contributed by atoms with Crippen molar-refractivity contribution < 1.29 is 22.7 Å². The zero-order valence-corrected chi connectivity index (χ0v) is 18.4. The first-order valence-corrected chi connectivity index (χ1v) is 11.2. The molecule has 1 N–H and O–H groups in total. The Morgan fingerprint density at radius 3 is 2.79 bits per heavy atom. The van der Waals surface area contributed by atoms with E-state index in [0.29, 0.717) is 21.3 Å². The number of H-pyrrole nitrogens is 1. The molecular formula is C23H19F3N4O2S. The van der Waals surface area contributed by atoms with Gasteiger partial charge in [0.1, 0.15) is 24.1 Å². The summed E-state index contributed by atoms with van der Waals surface area (Å²) in [4.78, 5) is 19.1. The summed E-state index contributed by atoms with van der Waals surface area (Å²) in [7, 11) is 1.58. The van der Waals surface area contributed by atoms with E-state index in [1.165, 1.54) is 34.8 Å². The number of hydrogen-bond acceptors (Lipinski definition) is 5. The van der Waals surface area contributed by atoms with Gasteiger partial charge in [0.15, 0.2) is 0 Å². The number of ether oxygens (including phenoxy) is 1. The molecular weight excluding hydrogens is 453 g/mol. The molecule has 3 heterocycles. The van der Waals surface area contributed by atoms with E-state index in [2.05, 4.69) is 15.2 Å². The van der Waals surface area contributed by atoms with Crippen LogP contribution in [0.2, 0.25) is 0 Å². The van der Waals surface area contributed by atoms with Gasteiger partial charge in [-0.1, -0.05) is 0 Å². The van der Waals surface area contributed by atoms with Crippen LogP contribution in [0.3, 0.4) is 0 Å². The molecule has 4 aromatic rings. The molecule has 0 spiro atoms. The number of thiophene rings is 1. The number of aromatic amines is 1. The third-order valence-corrected chi connectivity index (χ3v) is 6.38. The van der Waals surface area contributed by atoms with Gasteiger partial charge in [-0.3, -0.25) is 14.9 Å². The number of carbonyl (C=O) groups is 1. The Bertz CT molecular complexity index is 1350. The van der Waals surface area contributed by atoms with Gasteiger partial charge in [0, 0.05) is 46.6 Å². The molecule has 6 nitrogen and oxygen atoms in total. The molecule has 0 saturated heterocycles. The number of fused-ring (bicyclic) bond motifs is 1. The van der Waals surface area contributed by atoms with Gasteiger partial charge in [0.2, 0.25) is 0 Å². The third kappa shape index (κ3) is 4.18. The molecule has 10 heteroatoms. The van der Waals surface area contributed by atoms with Gasteiger partial charge >= 0.3 is 0 Å². The topological polar surface area (TPSA) is 71.1 Å². The Balaban J connectivity index is 1.45. The maximum atomic E-state index is 15.2. The molecule has 170 valence electrons. The Hall–Kier alpha value is -3.40. The van der Waals surface area contributed by atoms with Crippen molar-refractivity contribution in [3.8, 4) is 16.2 Å². The largest absolute Gasteiger partial charge is 0.490 e. The molecule has 1 aliphatic carbocycles. The van der Waals surface area contributed by atoms with E-state index in [-0.39, 0.29) is 35.2 Å². The fourth-order valence-electron chi connectivity index (χ4n) is 3.66. The number of pyridine rings is 1. The molecule has 0 unspecified atom stereocenters. The third-order valence-electron chi connectivity index (χ3n) is 5.46. The molecule has 33 heavy (non-hydrogen) atoms. The van der Waals surface area contributed by atoms with E-state index >= 15 is 4.39 Å². The number of rotatable bonds is 7. The van der Waals surface area contributed by atoms with Gasteiger partial charge < -0.3 is 9.64 Å². The number of benzene rings is 1. The van der Waals surface area contributed by atoms with Crippen molar-refractivity contribution in [2.75, 3.05) is 7.05 Å². The summed E-state index contributed by atoms with van der Waals surface area (Å²) in [5.41, 5.74) is 1.77. The van der Waals surface area contributed by atoms with Crippen molar-refractivity contribution in [1.29, 1.82) is 0 Å². The maximum absolute atomic E-state index is 15.2. The number of hydrogen-bond donors (Lipinski definition) is 1. The van der Waals surface area contributed by atoms with Gasteiger partial charge in [-0.15, -0.1) is 11.3 Å². The first kappa shape index (κ1) is 21.4. The zero-order chi connectivity index (χ0) is 23.1. The highest BCUT2D eigenvalue weighted by molar-refractivity contribution is 7.13. The minimum atomic E-state index is -0.728. The summed E-state index contributed by atoms with van der Waals surface area (Å²) in [6.45, 7) is -0.579. The Morgan fingerprint density at radius 1 is 1.27 bits per heavy atom. The summed E-state index contributed by atoms with van der Waals surface area (Å²) in [6.07, 6.45) is 4.64. The molecule has 0 aliphatic heterocycles. The second-order valence-electron chi connectivity index (χ2n) is 7.96. The lowest BCUT2D eigenvalue weighted by Crippen LogP contribution is -2.26. The number of nitrogens with one attached hydrogen (secondary N) is 1. The van der Waals surface area contributed by atoms with E-state index < -0.39 is 24.2 Å². The predicted octanol–water partition coefficient (Wildman–Crippen LogP) is 5.25. The minimum absolute atomic E-state index is 0.0372. The molecule has 1 amide bonds. The van der Waals surface area contributed by atoms with Crippen LogP contribution in [0.1, 0.15) is 34.5 Å². The molecule has 0 bridgehead atoms. The van der Waals surface area contributed by atoms with Crippen molar-refractivity contribution in [2.45, 2.75) is 32.2 Å². The Morgan fingerprint density at radius 2 is 2.09 bits per heavy atom. The monoisotopic (exact) mass is 472 g/mol. The van der Waals surface area contributed by atoms with Crippen LogP contribution in [0.4, 0.5) is 13.2 Å².